The van der Waals surface area contributed by atoms with Crippen LogP contribution in [0.5, 0.6) is 0 Å². The third kappa shape index (κ3) is 2.83. The maximum Gasteiger partial charge on any atom is 0.301 e. The zero-order valence-corrected chi connectivity index (χ0v) is 10.7. The van der Waals surface area contributed by atoms with E-state index in [1.165, 1.54) is 22.8 Å². The monoisotopic (exact) mass is 266 g/mol. The van der Waals surface area contributed by atoms with Gasteiger partial charge >= 0.3 is 5.69 Å². The molecular formula is C11H10N2O2S2. The topological polar surface area (TPSA) is 56.0 Å². The molecule has 0 N–H and O–H groups in total. The first kappa shape index (κ1) is 12.1. The van der Waals surface area contributed by atoms with Crippen LogP contribution in [0.4, 0.5) is 5.69 Å². The molecule has 0 saturated heterocycles. The van der Waals surface area contributed by atoms with Gasteiger partial charge in [0.05, 0.1) is 9.82 Å². The van der Waals surface area contributed by atoms with Gasteiger partial charge in [-0.15, -0.1) is 23.1 Å². The van der Waals surface area contributed by atoms with Crippen LogP contribution in [0.25, 0.3) is 0 Å². The third-order valence-electron chi connectivity index (χ3n) is 2.21. The number of rotatable bonds is 4. The second-order valence-electron chi connectivity index (χ2n) is 3.38. The number of hydrogen-bond acceptors (Lipinski definition) is 5. The maximum absolute atomic E-state index is 10.8. The second kappa shape index (κ2) is 5.29. The van der Waals surface area contributed by atoms with E-state index in [0.29, 0.717) is 4.90 Å². The Morgan fingerprint density at radius 2 is 2.35 bits per heavy atom. The number of thioether (sulfide) groups is 1. The molecule has 88 valence electrons. The highest BCUT2D eigenvalue weighted by Gasteiger charge is 2.17. The van der Waals surface area contributed by atoms with Crippen molar-refractivity contribution < 1.29 is 4.92 Å². The number of hydrogen-bond donors (Lipinski definition) is 0. The van der Waals surface area contributed by atoms with Crippen molar-refractivity contribution in [3.05, 3.63) is 51.0 Å². The molecular weight excluding hydrogens is 256 g/mol. The fourth-order valence-corrected chi connectivity index (χ4v) is 3.32. The summed E-state index contributed by atoms with van der Waals surface area (Å²) in [5, 5.41) is 13.1. The first-order valence-corrected chi connectivity index (χ1v) is 6.73. The van der Waals surface area contributed by atoms with Crippen molar-refractivity contribution in [1.29, 1.82) is 0 Å². The quantitative estimate of drug-likeness (QED) is 0.478. The molecule has 0 aliphatic carbocycles. The lowest BCUT2D eigenvalue weighted by Gasteiger charge is -2.08. The zero-order chi connectivity index (χ0) is 12.3. The summed E-state index contributed by atoms with van der Waals surface area (Å²) in [5.41, 5.74) is 0.0703. The number of pyridine rings is 1. The van der Waals surface area contributed by atoms with Gasteiger partial charge in [-0.25, -0.2) is 0 Å². The van der Waals surface area contributed by atoms with E-state index in [9.17, 15) is 10.1 Å². The van der Waals surface area contributed by atoms with Crippen LogP contribution >= 0.6 is 23.1 Å². The summed E-state index contributed by atoms with van der Waals surface area (Å²) < 4.78 is 0. The largest absolute Gasteiger partial charge is 0.301 e. The van der Waals surface area contributed by atoms with Crippen LogP contribution < -0.4 is 0 Å². The molecule has 0 fully saturated rings. The minimum Gasteiger partial charge on any atom is -0.258 e. The molecule has 0 bridgehead atoms. The van der Waals surface area contributed by atoms with E-state index < -0.39 is 4.92 Å². The molecule has 0 aliphatic heterocycles. The highest BCUT2D eigenvalue weighted by atomic mass is 32.2. The molecule has 0 saturated carbocycles. The van der Waals surface area contributed by atoms with E-state index in [1.54, 1.807) is 23.6 Å². The van der Waals surface area contributed by atoms with Gasteiger partial charge in [0.15, 0.2) is 0 Å². The number of thiophene rings is 1. The zero-order valence-electron chi connectivity index (χ0n) is 9.07. The van der Waals surface area contributed by atoms with Crippen molar-refractivity contribution in [2.75, 3.05) is 0 Å². The summed E-state index contributed by atoms with van der Waals surface area (Å²) in [6, 6.07) is 5.71. The highest BCUT2D eigenvalue weighted by Crippen LogP contribution is 2.40. The van der Waals surface area contributed by atoms with E-state index in [0.717, 1.165) is 0 Å². The Morgan fingerprint density at radius 3 is 3.00 bits per heavy atom. The normalized spacial score (nSPS) is 12.3. The van der Waals surface area contributed by atoms with Gasteiger partial charge in [-0.2, -0.15) is 0 Å². The third-order valence-corrected chi connectivity index (χ3v) is 4.62. The van der Waals surface area contributed by atoms with E-state index in [2.05, 4.69) is 4.98 Å². The van der Waals surface area contributed by atoms with E-state index in [1.807, 2.05) is 24.4 Å². The Labute approximate surface area is 107 Å². The van der Waals surface area contributed by atoms with Crippen molar-refractivity contribution in [1.82, 2.24) is 4.98 Å². The molecule has 1 unspecified atom stereocenters. The van der Waals surface area contributed by atoms with Crippen LogP contribution in [-0.4, -0.2) is 9.91 Å². The number of aromatic nitrogens is 1. The van der Waals surface area contributed by atoms with E-state index in [4.69, 9.17) is 0 Å². The summed E-state index contributed by atoms with van der Waals surface area (Å²) in [7, 11) is 0. The molecule has 2 aromatic rings. The molecule has 2 rings (SSSR count). The fourth-order valence-electron chi connectivity index (χ4n) is 1.38. The Morgan fingerprint density at radius 1 is 1.53 bits per heavy atom. The molecule has 0 radical (unpaired) electrons. The minimum atomic E-state index is -0.392. The van der Waals surface area contributed by atoms with Gasteiger partial charge in [-0.05, 0) is 24.4 Å². The molecule has 0 aliphatic rings. The van der Waals surface area contributed by atoms with Crippen LogP contribution in [0.1, 0.15) is 17.1 Å². The summed E-state index contributed by atoms with van der Waals surface area (Å²) in [6.07, 6.45) is 2.87. The maximum atomic E-state index is 10.8. The lowest BCUT2D eigenvalue weighted by Crippen LogP contribution is -1.93. The van der Waals surface area contributed by atoms with Crippen LogP contribution in [0.15, 0.2) is 40.9 Å². The lowest BCUT2D eigenvalue weighted by atomic mass is 10.4. The summed E-state index contributed by atoms with van der Waals surface area (Å²) in [5.74, 6) is 0. The van der Waals surface area contributed by atoms with Crippen LogP contribution in [0, 0.1) is 10.1 Å². The number of nitro groups is 1. The van der Waals surface area contributed by atoms with Crippen molar-refractivity contribution in [2.45, 2.75) is 17.1 Å². The molecule has 0 amide bonds. The summed E-state index contributed by atoms with van der Waals surface area (Å²) in [4.78, 5) is 16.1. The van der Waals surface area contributed by atoms with Gasteiger partial charge in [-0.3, -0.25) is 15.1 Å². The Balaban J connectivity index is 2.21. The first-order chi connectivity index (χ1) is 8.18. The second-order valence-corrected chi connectivity index (χ2v) is 5.74. The molecule has 17 heavy (non-hydrogen) atoms. The highest BCUT2D eigenvalue weighted by molar-refractivity contribution is 7.99. The molecule has 4 nitrogen and oxygen atoms in total. The van der Waals surface area contributed by atoms with Gasteiger partial charge in [-0.1, -0.05) is 6.07 Å². The molecule has 0 aromatic carbocycles. The Bertz CT molecular complexity index is 514. The summed E-state index contributed by atoms with van der Waals surface area (Å²) >= 11 is 3.14. The van der Waals surface area contributed by atoms with Crippen molar-refractivity contribution >= 4 is 28.8 Å². The molecule has 2 heterocycles. The SMILES string of the molecule is CC(Sc1ccncc1[N+](=O)[O-])c1cccs1. The predicted molar refractivity (Wildman–Crippen MR) is 69.5 cm³/mol. The van der Waals surface area contributed by atoms with Crippen molar-refractivity contribution in [3.8, 4) is 0 Å². The molecule has 6 heteroatoms. The van der Waals surface area contributed by atoms with Crippen LogP contribution in [-0.2, 0) is 0 Å². The van der Waals surface area contributed by atoms with Gasteiger partial charge in [0.25, 0.3) is 0 Å². The molecule has 1 atom stereocenters. The summed E-state index contributed by atoms with van der Waals surface area (Å²) in [6.45, 7) is 2.04. The van der Waals surface area contributed by atoms with Gasteiger partial charge < -0.3 is 0 Å². The Kier molecular flexibility index (Phi) is 3.75. The van der Waals surface area contributed by atoms with Gasteiger partial charge in [0, 0.05) is 16.3 Å². The standard InChI is InChI=1S/C11H10N2O2S2/c1-8(10-3-2-6-16-10)17-11-4-5-12-7-9(11)13(14)15/h2-8H,1H3. The molecule has 2 aromatic heterocycles. The fraction of sp³-hybridized carbons (Fsp3) is 0.182. The van der Waals surface area contributed by atoms with Crippen LogP contribution in [0.2, 0.25) is 0 Å². The lowest BCUT2D eigenvalue weighted by molar-refractivity contribution is -0.388. The smallest absolute Gasteiger partial charge is 0.258 e. The van der Waals surface area contributed by atoms with Crippen molar-refractivity contribution in [3.63, 3.8) is 0 Å². The minimum absolute atomic E-state index is 0.0703. The average Bonchev–Trinajstić information content (AvgIpc) is 2.83. The predicted octanol–water partition coefficient (Wildman–Crippen LogP) is 3.90. The van der Waals surface area contributed by atoms with Crippen LogP contribution in [0.3, 0.4) is 0 Å². The average molecular weight is 266 g/mol. The van der Waals surface area contributed by atoms with Crippen molar-refractivity contribution in [2.24, 2.45) is 0 Å². The number of nitrogens with zero attached hydrogens (tertiary/aromatic N) is 2. The first-order valence-electron chi connectivity index (χ1n) is 4.97. The van der Waals surface area contributed by atoms with E-state index in [-0.39, 0.29) is 10.9 Å². The molecule has 0 spiro atoms. The Hall–Kier alpha value is -1.40. The van der Waals surface area contributed by atoms with Gasteiger partial charge in [0.2, 0.25) is 0 Å². The van der Waals surface area contributed by atoms with E-state index >= 15 is 0 Å². The van der Waals surface area contributed by atoms with Gasteiger partial charge in [0.1, 0.15) is 6.20 Å².